The summed E-state index contributed by atoms with van der Waals surface area (Å²) in [4.78, 5) is 26.3. The summed E-state index contributed by atoms with van der Waals surface area (Å²) in [6, 6.07) is 8.21. The predicted octanol–water partition coefficient (Wildman–Crippen LogP) is 3.58. The van der Waals surface area contributed by atoms with Crippen LogP contribution in [-0.2, 0) is 17.7 Å². The van der Waals surface area contributed by atoms with E-state index in [0.29, 0.717) is 24.4 Å². The third-order valence-corrected chi connectivity index (χ3v) is 4.54. The molecule has 0 atom stereocenters. The summed E-state index contributed by atoms with van der Waals surface area (Å²) in [6.07, 6.45) is 0.232. The lowest BCUT2D eigenvalue weighted by Crippen LogP contribution is -2.41. The highest BCUT2D eigenvalue weighted by molar-refractivity contribution is 5.68. The first-order valence-corrected chi connectivity index (χ1v) is 9.07. The lowest BCUT2D eigenvalue weighted by atomic mass is 10.0. The molecule has 26 heavy (non-hydrogen) atoms. The van der Waals surface area contributed by atoms with Crippen LogP contribution in [0.4, 0.5) is 4.79 Å². The molecule has 0 saturated carbocycles. The zero-order valence-electron chi connectivity index (χ0n) is 16.1. The molecular weight excluding hydrogens is 330 g/mol. The van der Waals surface area contributed by atoms with E-state index in [1.165, 1.54) is 5.56 Å². The van der Waals surface area contributed by atoms with Crippen LogP contribution in [-0.4, -0.2) is 32.9 Å². The van der Waals surface area contributed by atoms with Crippen molar-refractivity contribution in [1.29, 1.82) is 0 Å². The van der Waals surface area contributed by atoms with E-state index in [-0.39, 0.29) is 18.2 Å². The molecule has 0 bridgehead atoms. The number of aromatic nitrogens is 2. The van der Waals surface area contributed by atoms with Gasteiger partial charge in [0.05, 0.1) is 23.5 Å². The Morgan fingerprint density at radius 2 is 1.85 bits per heavy atom. The molecule has 3 rings (SSSR count). The van der Waals surface area contributed by atoms with Crippen molar-refractivity contribution < 1.29 is 9.53 Å². The Hall–Kier alpha value is -2.50. The Bertz CT molecular complexity index is 854. The fraction of sp³-hybridized carbons (Fsp3) is 0.500. The van der Waals surface area contributed by atoms with Gasteiger partial charge in [0.1, 0.15) is 5.60 Å². The van der Waals surface area contributed by atoms with E-state index >= 15 is 0 Å². The summed E-state index contributed by atoms with van der Waals surface area (Å²) in [6.45, 7) is 10.6. The second-order valence-corrected chi connectivity index (χ2v) is 8.10. The third kappa shape index (κ3) is 3.69. The summed E-state index contributed by atoms with van der Waals surface area (Å²) in [7, 11) is 0. The Morgan fingerprint density at radius 1 is 1.19 bits per heavy atom. The monoisotopic (exact) mass is 357 g/mol. The minimum Gasteiger partial charge on any atom is -0.444 e. The van der Waals surface area contributed by atoms with Crippen LogP contribution in [0.3, 0.4) is 0 Å². The largest absolute Gasteiger partial charge is 0.444 e. The molecule has 0 aliphatic carbocycles. The summed E-state index contributed by atoms with van der Waals surface area (Å²) in [5.41, 5.74) is 3.06. The number of carbonyl (C=O) groups is 1. The van der Waals surface area contributed by atoms with Gasteiger partial charge in [-0.2, -0.15) is 0 Å². The summed E-state index contributed by atoms with van der Waals surface area (Å²) < 4.78 is 7.27. The van der Waals surface area contributed by atoms with Crippen molar-refractivity contribution in [3.05, 3.63) is 51.4 Å². The molecule has 0 unspecified atom stereocenters. The van der Waals surface area contributed by atoms with Crippen molar-refractivity contribution >= 4 is 6.09 Å². The second-order valence-electron chi connectivity index (χ2n) is 8.10. The van der Waals surface area contributed by atoms with Crippen LogP contribution in [0.15, 0.2) is 29.1 Å². The van der Waals surface area contributed by atoms with Crippen molar-refractivity contribution in [3.63, 3.8) is 0 Å². The molecule has 1 aromatic heterocycles. The molecule has 2 heterocycles. The lowest BCUT2D eigenvalue weighted by molar-refractivity contribution is 0.0222. The van der Waals surface area contributed by atoms with Gasteiger partial charge in [-0.3, -0.25) is 14.6 Å². The van der Waals surface area contributed by atoms with Crippen LogP contribution in [0.25, 0.3) is 5.69 Å². The highest BCUT2D eigenvalue weighted by Crippen LogP contribution is 2.22. The van der Waals surface area contributed by atoms with Crippen LogP contribution >= 0.6 is 0 Å². The van der Waals surface area contributed by atoms with Crippen LogP contribution in [0.5, 0.6) is 0 Å². The molecule has 1 amide bonds. The number of carbonyl (C=O) groups excluding carboxylic acids is 1. The number of nitrogens with zero attached hydrogens (tertiary/aromatic N) is 2. The number of fused-ring (bicyclic) bond motifs is 1. The summed E-state index contributed by atoms with van der Waals surface area (Å²) >= 11 is 0. The molecule has 6 heteroatoms. The fourth-order valence-corrected chi connectivity index (χ4v) is 3.15. The zero-order chi connectivity index (χ0) is 19.1. The number of amides is 1. The first-order chi connectivity index (χ1) is 12.2. The van der Waals surface area contributed by atoms with Gasteiger partial charge in [-0.05, 0) is 44.4 Å². The molecule has 1 aromatic carbocycles. The molecule has 1 aliphatic rings. The van der Waals surface area contributed by atoms with Gasteiger partial charge in [-0.15, -0.1) is 0 Å². The maximum Gasteiger partial charge on any atom is 0.410 e. The number of nitrogens with one attached hydrogen (secondary N) is 1. The predicted molar refractivity (Wildman–Crippen MR) is 101 cm³/mol. The van der Waals surface area contributed by atoms with Crippen LogP contribution in [0, 0.1) is 0 Å². The van der Waals surface area contributed by atoms with Crippen LogP contribution in [0.1, 0.15) is 57.4 Å². The Labute approximate surface area is 153 Å². The first kappa shape index (κ1) is 18.3. The zero-order valence-corrected chi connectivity index (χ0v) is 16.1. The number of aromatic amines is 1. The van der Waals surface area contributed by atoms with Gasteiger partial charge < -0.3 is 9.64 Å². The van der Waals surface area contributed by atoms with Crippen molar-refractivity contribution in [2.75, 3.05) is 6.54 Å². The molecule has 6 nitrogen and oxygen atoms in total. The Morgan fingerprint density at radius 3 is 2.42 bits per heavy atom. The topological polar surface area (TPSA) is 67.3 Å². The van der Waals surface area contributed by atoms with Gasteiger partial charge in [0.25, 0.3) is 5.56 Å². The first-order valence-electron chi connectivity index (χ1n) is 9.07. The average Bonchev–Trinajstić information content (AvgIpc) is 2.90. The van der Waals surface area contributed by atoms with Gasteiger partial charge in [-0.25, -0.2) is 4.79 Å². The quantitative estimate of drug-likeness (QED) is 0.893. The number of benzene rings is 1. The molecule has 1 aliphatic heterocycles. The van der Waals surface area contributed by atoms with E-state index in [9.17, 15) is 9.59 Å². The van der Waals surface area contributed by atoms with E-state index < -0.39 is 5.60 Å². The fourth-order valence-electron chi connectivity index (χ4n) is 3.15. The van der Waals surface area contributed by atoms with Crippen molar-refractivity contribution in [2.45, 2.75) is 59.1 Å². The third-order valence-electron chi connectivity index (χ3n) is 4.54. The van der Waals surface area contributed by atoms with Gasteiger partial charge in [0, 0.05) is 13.0 Å². The van der Waals surface area contributed by atoms with E-state index in [0.717, 1.165) is 11.4 Å². The van der Waals surface area contributed by atoms with Crippen molar-refractivity contribution in [2.24, 2.45) is 0 Å². The second kappa shape index (κ2) is 6.67. The molecule has 1 N–H and O–H groups in total. The van der Waals surface area contributed by atoms with E-state index in [1.807, 2.05) is 37.6 Å². The van der Waals surface area contributed by atoms with Crippen molar-refractivity contribution in [1.82, 2.24) is 14.7 Å². The highest BCUT2D eigenvalue weighted by Gasteiger charge is 2.29. The van der Waals surface area contributed by atoms with E-state index in [2.05, 4.69) is 31.1 Å². The number of hydrogen-bond acceptors (Lipinski definition) is 3. The van der Waals surface area contributed by atoms with Gasteiger partial charge in [0.15, 0.2) is 0 Å². The molecule has 0 spiro atoms. The maximum atomic E-state index is 12.4. The molecule has 140 valence electrons. The Balaban J connectivity index is 1.86. The van der Waals surface area contributed by atoms with Crippen molar-refractivity contribution in [3.8, 4) is 5.69 Å². The van der Waals surface area contributed by atoms with Gasteiger partial charge >= 0.3 is 6.09 Å². The SMILES string of the molecule is CC(C)c1ccc(-n2[nH]c(=O)c3c2CCN(C(=O)OC(C)(C)C)C3)cc1. The number of H-pyrrole nitrogens is 1. The molecule has 0 radical (unpaired) electrons. The standard InChI is InChI=1S/C20H27N3O3/c1-13(2)14-6-8-15(9-7-14)23-17-10-11-22(12-16(17)18(24)21-23)19(25)26-20(3,4)5/h6-9,13H,10-12H2,1-5H3,(H,21,24). The summed E-state index contributed by atoms with van der Waals surface area (Å²) in [5.74, 6) is 0.462. The number of rotatable bonds is 2. The average molecular weight is 357 g/mol. The maximum absolute atomic E-state index is 12.4. The minimum absolute atomic E-state index is 0.152. The Kier molecular flexibility index (Phi) is 4.69. The van der Waals surface area contributed by atoms with Crippen LogP contribution in [0.2, 0.25) is 0 Å². The summed E-state index contributed by atoms with van der Waals surface area (Å²) in [5, 5.41) is 2.91. The van der Waals surface area contributed by atoms with E-state index in [4.69, 9.17) is 4.74 Å². The molecular formula is C20H27N3O3. The molecule has 0 saturated heterocycles. The van der Waals surface area contributed by atoms with Gasteiger partial charge in [0.2, 0.25) is 0 Å². The molecule has 2 aromatic rings. The van der Waals surface area contributed by atoms with E-state index in [1.54, 1.807) is 4.90 Å². The molecule has 0 fully saturated rings. The van der Waals surface area contributed by atoms with Gasteiger partial charge in [-0.1, -0.05) is 26.0 Å². The van der Waals surface area contributed by atoms with Crippen LogP contribution < -0.4 is 5.56 Å². The number of hydrogen-bond donors (Lipinski definition) is 1. The minimum atomic E-state index is -0.548. The number of ether oxygens (including phenoxy) is 1. The smallest absolute Gasteiger partial charge is 0.410 e. The normalized spacial score (nSPS) is 14.5. The lowest BCUT2D eigenvalue weighted by Gasteiger charge is -2.30. The highest BCUT2D eigenvalue weighted by atomic mass is 16.6.